The molecule has 0 radical (unpaired) electrons. The quantitative estimate of drug-likeness (QED) is 0.804. The molecule has 0 bridgehead atoms. The maximum Gasteiger partial charge on any atom is 0.242 e. The molecule has 1 aromatic carbocycles. The van der Waals surface area contributed by atoms with E-state index in [1.807, 2.05) is 0 Å². The molecule has 0 amide bonds. The summed E-state index contributed by atoms with van der Waals surface area (Å²) in [6, 6.07) is 2.75. The lowest BCUT2D eigenvalue weighted by Gasteiger charge is -2.26. The molecule has 0 atom stereocenters. The molecule has 0 aliphatic carbocycles. The van der Waals surface area contributed by atoms with Crippen molar-refractivity contribution in [3.63, 3.8) is 0 Å². The van der Waals surface area contributed by atoms with Crippen molar-refractivity contribution in [1.29, 1.82) is 0 Å². The zero-order valence-corrected chi connectivity index (χ0v) is 14.2. The summed E-state index contributed by atoms with van der Waals surface area (Å²) in [5.41, 5.74) is 0. The van der Waals surface area contributed by atoms with Crippen molar-refractivity contribution in [2.45, 2.75) is 4.90 Å². The van der Waals surface area contributed by atoms with Gasteiger partial charge in [0.15, 0.2) is 0 Å². The summed E-state index contributed by atoms with van der Waals surface area (Å²) in [5, 5.41) is 0.186. The van der Waals surface area contributed by atoms with Gasteiger partial charge in [-0.25, -0.2) is 13.1 Å². The van der Waals surface area contributed by atoms with Crippen LogP contribution in [0.3, 0.4) is 0 Å². The lowest BCUT2D eigenvalue weighted by molar-refractivity contribution is 0.0390. The lowest BCUT2D eigenvalue weighted by atomic mass is 10.4. The Morgan fingerprint density at radius 3 is 2.48 bits per heavy atom. The summed E-state index contributed by atoms with van der Waals surface area (Å²) in [5.74, 6) is 0. The number of benzene rings is 1. The Morgan fingerprint density at radius 1 is 1.14 bits per heavy atom. The normalized spacial score (nSPS) is 17.1. The number of hydrogen-bond acceptors (Lipinski definition) is 4. The molecule has 2 rings (SSSR count). The van der Waals surface area contributed by atoms with Crippen LogP contribution in [0.4, 0.5) is 0 Å². The summed E-state index contributed by atoms with van der Waals surface area (Å²) in [4.78, 5) is 2.06. The van der Waals surface area contributed by atoms with Crippen molar-refractivity contribution in [2.24, 2.45) is 0 Å². The maximum absolute atomic E-state index is 12.2. The van der Waals surface area contributed by atoms with E-state index in [9.17, 15) is 8.42 Å². The van der Waals surface area contributed by atoms with E-state index in [1.165, 1.54) is 12.1 Å². The van der Waals surface area contributed by atoms with E-state index in [-0.39, 0.29) is 20.0 Å². The highest BCUT2D eigenvalue weighted by atomic mass is 35.5. The monoisotopic (exact) mass is 372 g/mol. The van der Waals surface area contributed by atoms with E-state index in [0.717, 1.165) is 13.1 Å². The van der Waals surface area contributed by atoms with Crippen LogP contribution >= 0.6 is 34.8 Å². The smallest absolute Gasteiger partial charge is 0.242 e. The molecule has 5 nitrogen and oxygen atoms in total. The molecule has 1 aliphatic rings. The summed E-state index contributed by atoms with van der Waals surface area (Å²) < 4.78 is 32.2. The Kier molecular flexibility index (Phi) is 6.14. The molecule has 1 fully saturated rings. The third kappa shape index (κ3) is 4.45. The Balaban J connectivity index is 2.00. The minimum Gasteiger partial charge on any atom is -0.379 e. The van der Waals surface area contributed by atoms with Crippen molar-refractivity contribution in [3.8, 4) is 0 Å². The number of halogens is 3. The highest BCUT2D eigenvalue weighted by molar-refractivity contribution is 7.89. The van der Waals surface area contributed by atoms with Gasteiger partial charge >= 0.3 is 0 Å². The molecule has 1 heterocycles. The topological polar surface area (TPSA) is 58.6 Å². The molecule has 9 heteroatoms. The second-order valence-corrected chi connectivity index (χ2v) is 7.42. The Hall–Kier alpha value is -0.0800. The lowest BCUT2D eigenvalue weighted by Crippen LogP contribution is -2.41. The Bertz CT molecular complexity index is 604. The summed E-state index contributed by atoms with van der Waals surface area (Å²) in [6.45, 7) is 3.85. The predicted molar refractivity (Wildman–Crippen MR) is 83.9 cm³/mol. The average Bonchev–Trinajstić information content (AvgIpc) is 2.45. The second kappa shape index (κ2) is 7.46. The highest BCUT2D eigenvalue weighted by Crippen LogP contribution is 2.34. The second-order valence-electron chi connectivity index (χ2n) is 4.53. The van der Waals surface area contributed by atoms with E-state index in [1.54, 1.807) is 0 Å². The molecular formula is C12H15Cl3N2O3S. The molecule has 1 aromatic rings. The summed E-state index contributed by atoms with van der Waals surface area (Å²) >= 11 is 17.6. The van der Waals surface area contributed by atoms with E-state index < -0.39 is 10.0 Å². The zero-order valence-electron chi connectivity index (χ0n) is 11.1. The Labute approximate surface area is 139 Å². The largest absolute Gasteiger partial charge is 0.379 e. The van der Waals surface area contributed by atoms with Crippen LogP contribution < -0.4 is 4.72 Å². The minimum absolute atomic E-state index is 0.0365. The van der Waals surface area contributed by atoms with E-state index in [2.05, 4.69) is 9.62 Å². The highest BCUT2D eigenvalue weighted by Gasteiger charge is 2.21. The molecule has 21 heavy (non-hydrogen) atoms. The van der Waals surface area contributed by atoms with Crippen molar-refractivity contribution < 1.29 is 13.2 Å². The fourth-order valence-corrected chi connectivity index (χ4v) is 3.95. The third-order valence-electron chi connectivity index (χ3n) is 3.11. The van der Waals surface area contributed by atoms with Gasteiger partial charge in [0, 0.05) is 26.2 Å². The number of sulfonamides is 1. The number of nitrogens with zero attached hydrogens (tertiary/aromatic N) is 1. The van der Waals surface area contributed by atoms with Gasteiger partial charge < -0.3 is 4.74 Å². The van der Waals surface area contributed by atoms with Gasteiger partial charge in [0.25, 0.3) is 0 Å². The molecule has 1 saturated heterocycles. The van der Waals surface area contributed by atoms with Gasteiger partial charge in [-0.05, 0) is 12.1 Å². The first-order valence-corrected chi connectivity index (χ1v) is 8.97. The van der Waals surface area contributed by atoms with Crippen molar-refractivity contribution in [3.05, 3.63) is 27.2 Å². The van der Waals surface area contributed by atoms with Gasteiger partial charge in [-0.3, -0.25) is 4.90 Å². The van der Waals surface area contributed by atoms with Gasteiger partial charge in [0.05, 0.1) is 28.3 Å². The first kappa shape index (κ1) is 17.3. The van der Waals surface area contributed by atoms with Crippen LogP contribution in [0.1, 0.15) is 0 Å². The number of nitrogens with one attached hydrogen (secondary N) is 1. The third-order valence-corrected chi connectivity index (χ3v) is 6.02. The van der Waals surface area contributed by atoms with Crippen LogP contribution in [0.15, 0.2) is 17.0 Å². The van der Waals surface area contributed by atoms with Gasteiger partial charge in [-0.1, -0.05) is 34.8 Å². The van der Waals surface area contributed by atoms with Crippen LogP contribution in [-0.4, -0.2) is 52.7 Å². The molecule has 118 valence electrons. The first-order valence-electron chi connectivity index (χ1n) is 6.35. The number of rotatable bonds is 5. The molecule has 0 unspecified atom stereocenters. The predicted octanol–water partition coefficient (Wildman–Crippen LogP) is 2.26. The summed E-state index contributed by atoms with van der Waals surface area (Å²) in [7, 11) is -3.71. The van der Waals surface area contributed by atoms with Crippen molar-refractivity contribution in [1.82, 2.24) is 9.62 Å². The fraction of sp³-hybridized carbons (Fsp3) is 0.500. The van der Waals surface area contributed by atoms with E-state index >= 15 is 0 Å². The minimum atomic E-state index is -3.71. The van der Waals surface area contributed by atoms with Crippen LogP contribution in [0.2, 0.25) is 15.1 Å². The fourth-order valence-electron chi connectivity index (χ4n) is 1.96. The SMILES string of the molecule is O=S(=O)(NCCN1CCOCC1)c1ccc(Cl)c(Cl)c1Cl. The maximum atomic E-state index is 12.2. The molecule has 0 aromatic heterocycles. The number of hydrogen-bond donors (Lipinski definition) is 1. The zero-order chi connectivity index (χ0) is 15.5. The van der Waals surface area contributed by atoms with Gasteiger partial charge in [0.1, 0.15) is 4.90 Å². The number of morpholine rings is 1. The molecule has 1 aliphatic heterocycles. The van der Waals surface area contributed by atoms with Crippen LogP contribution in [0.25, 0.3) is 0 Å². The molecule has 1 N–H and O–H groups in total. The molecular weight excluding hydrogens is 359 g/mol. The van der Waals surface area contributed by atoms with E-state index in [0.29, 0.717) is 26.3 Å². The van der Waals surface area contributed by atoms with Crippen LogP contribution in [-0.2, 0) is 14.8 Å². The van der Waals surface area contributed by atoms with Crippen molar-refractivity contribution in [2.75, 3.05) is 39.4 Å². The van der Waals surface area contributed by atoms with E-state index in [4.69, 9.17) is 39.5 Å². The van der Waals surface area contributed by atoms with Crippen LogP contribution in [0.5, 0.6) is 0 Å². The average molecular weight is 374 g/mol. The standard InChI is InChI=1S/C12H15Cl3N2O3S/c13-9-1-2-10(12(15)11(9)14)21(18,19)16-3-4-17-5-7-20-8-6-17/h1-2,16H,3-8H2. The first-order chi connectivity index (χ1) is 9.92. The number of ether oxygens (including phenoxy) is 1. The van der Waals surface area contributed by atoms with Gasteiger partial charge in [-0.2, -0.15) is 0 Å². The van der Waals surface area contributed by atoms with Gasteiger partial charge in [-0.15, -0.1) is 0 Å². The van der Waals surface area contributed by atoms with Crippen molar-refractivity contribution >= 4 is 44.8 Å². The van der Waals surface area contributed by atoms with Crippen LogP contribution in [0, 0.1) is 0 Å². The summed E-state index contributed by atoms with van der Waals surface area (Å²) in [6.07, 6.45) is 0. The van der Waals surface area contributed by atoms with Gasteiger partial charge in [0.2, 0.25) is 10.0 Å². The molecule has 0 spiro atoms. The molecule has 0 saturated carbocycles. The Morgan fingerprint density at radius 2 is 1.81 bits per heavy atom.